The summed E-state index contributed by atoms with van der Waals surface area (Å²) in [6.07, 6.45) is 2.31. The van der Waals surface area contributed by atoms with Crippen molar-refractivity contribution in [1.82, 2.24) is 4.98 Å². The lowest BCUT2D eigenvalue weighted by atomic mass is 9.88. The highest BCUT2D eigenvalue weighted by atomic mass is 14.7. The molecule has 1 N–H and O–H groups in total. The van der Waals surface area contributed by atoms with Gasteiger partial charge in [-0.1, -0.05) is 35.4 Å². The fourth-order valence-corrected chi connectivity index (χ4v) is 3.28. The van der Waals surface area contributed by atoms with Crippen molar-refractivity contribution in [2.24, 2.45) is 0 Å². The molecule has 1 aliphatic rings. The molecule has 94 valence electrons. The lowest BCUT2D eigenvalue weighted by molar-refractivity contribution is 0.945. The number of aromatic nitrogens is 1. The molecule has 0 unspecified atom stereocenters. The summed E-state index contributed by atoms with van der Waals surface area (Å²) in [5, 5.41) is 1.40. The molecular weight excluding hydrogens is 230 g/mol. The van der Waals surface area contributed by atoms with E-state index in [1.54, 1.807) is 0 Å². The molecule has 1 aliphatic carbocycles. The molecule has 0 bridgehead atoms. The number of aryl methyl sites for hydroxylation is 4. The van der Waals surface area contributed by atoms with Gasteiger partial charge in [0, 0.05) is 22.2 Å². The van der Waals surface area contributed by atoms with Crippen molar-refractivity contribution < 1.29 is 0 Å². The molecule has 19 heavy (non-hydrogen) atoms. The number of aromatic amines is 1. The van der Waals surface area contributed by atoms with Crippen LogP contribution in [0.4, 0.5) is 0 Å². The van der Waals surface area contributed by atoms with Gasteiger partial charge in [0.1, 0.15) is 0 Å². The predicted octanol–water partition coefficient (Wildman–Crippen LogP) is 4.55. The van der Waals surface area contributed by atoms with Crippen molar-refractivity contribution >= 4 is 10.9 Å². The Hall–Kier alpha value is -2.02. The van der Waals surface area contributed by atoms with E-state index in [-0.39, 0.29) is 0 Å². The zero-order chi connectivity index (χ0) is 13.0. The summed E-state index contributed by atoms with van der Waals surface area (Å²) in [4.78, 5) is 3.62. The van der Waals surface area contributed by atoms with Crippen LogP contribution < -0.4 is 0 Å². The molecule has 0 saturated carbocycles. The molecule has 0 atom stereocenters. The number of rotatable bonds is 0. The molecule has 1 aromatic heterocycles. The van der Waals surface area contributed by atoms with Gasteiger partial charge in [-0.2, -0.15) is 0 Å². The summed E-state index contributed by atoms with van der Waals surface area (Å²) in [5.41, 5.74) is 9.66. The summed E-state index contributed by atoms with van der Waals surface area (Å²) < 4.78 is 0. The van der Waals surface area contributed by atoms with Gasteiger partial charge in [-0.05, 0) is 49.9 Å². The van der Waals surface area contributed by atoms with E-state index < -0.39 is 0 Å². The van der Waals surface area contributed by atoms with E-state index in [0.29, 0.717) is 0 Å². The lowest BCUT2D eigenvalue weighted by Gasteiger charge is -2.17. The molecule has 1 nitrogen and oxygen atoms in total. The minimum absolute atomic E-state index is 1.15. The van der Waals surface area contributed by atoms with Crippen LogP contribution in [0, 0.1) is 13.8 Å². The number of hydrogen-bond acceptors (Lipinski definition) is 0. The second-order valence-corrected chi connectivity index (χ2v) is 5.69. The number of fused-ring (bicyclic) bond motifs is 5. The minimum Gasteiger partial charge on any atom is -0.354 e. The summed E-state index contributed by atoms with van der Waals surface area (Å²) in [5.74, 6) is 0. The van der Waals surface area contributed by atoms with Gasteiger partial charge in [-0.25, -0.2) is 0 Å². The minimum atomic E-state index is 1.15. The average Bonchev–Trinajstić information content (AvgIpc) is 2.76. The van der Waals surface area contributed by atoms with E-state index in [0.717, 1.165) is 12.8 Å². The first-order valence-corrected chi connectivity index (χ1v) is 6.93. The molecule has 0 fully saturated rings. The van der Waals surface area contributed by atoms with Gasteiger partial charge < -0.3 is 4.98 Å². The highest BCUT2D eigenvalue weighted by Crippen LogP contribution is 2.37. The largest absolute Gasteiger partial charge is 0.354 e. The topological polar surface area (TPSA) is 15.8 Å². The Bertz CT molecular complexity index is 793. The van der Waals surface area contributed by atoms with Gasteiger partial charge >= 0.3 is 0 Å². The molecule has 4 rings (SSSR count). The Morgan fingerprint density at radius 3 is 2.58 bits per heavy atom. The summed E-state index contributed by atoms with van der Waals surface area (Å²) in [6.45, 7) is 4.34. The predicted molar refractivity (Wildman–Crippen MR) is 80.6 cm³/mol. The van der Waals surface area contributed by atoms with Gasteiger partial charge in [0.05, 0.1) is 0 Å². The number of benzene rings is 2. The van der Waals surface area contributed by atoms with Crippen LogP contribution in [0.25, 0.3) is 22.2 Å². The maximum atomic E-state index is 3.62. The van der Waals surface area contributed by atoms with Gasteiger partial charge in [-0.15, -0.1) is 0 Å². The highest BCUT2D eigenvalue weighted by Gasteiger charge is 2.20. The number of H-pyrrole nitrogens is 1. The molecule has 0 radical (unpaired) electrons. The lowest BCUT2D eigenvalue weighted by Crippen LogP contribution is -2.02. The fourth-order valence-electron chi connectivity index (χ4n) is 3.28. The average molecular weight is 247 g/mol. The van der Waals surface area contributed by atoms with Crippen molar-refractivity contribution in [2.75, 3.05) is 0 Å². The third-order valence-corrected chi connectivity index (χ3v) is 4.24. The molecule has 0 spiro atoms. The highest BCUT2D eigenvalue weighted by molar-refractivity contribution is 5.92. The second-order valence-electron chi connectivity index (χ2n) is 5.69. The van der Waals surface area contributed by atoms with Crippen LogP contribution in [0.3, 0.4) is 0 Å². The van der Waals surface area contributed by atoms with Crippen LogP contribution in [0.5, 0.6) is 0 Å². The molecule has 1 heterocycles. The Balaban J connectivity index is 2.04. The van der Waals surface area contributed by atoms with Crippen LogP contribution in [-0.4, -0.2) is 4.98 Å². The molecule has 0 amide bonds. The van der Waals surface area contributed by atoms with E-state index in [9.17, 15) is 0 Å². The van der Waals surface area contributed by atoms with Gasteiger partial charge in [0.2, 0.25) is 0 Å². The summed E-state index contributed by atoms with van der Waals surface area (Å²) in [7, 11) is 0. The van der Waals surface area contributed by atoms with Gasteiger partial charge in [-0.3, -0.25) is 0 Å². The van der Waals surface area contributed by atoms with Gasteiger partial charge in [0.25, 0.3) is 0 Å². The van der Waals surface area contributed by atoms with Crippen LogP contribution in [-0.2, 0) is 12.8 Å². The third kappa shape index (κ3) is 1.54. The van der Waals surface area contributed by atoms with E-state index >= 15 is 0 Å². The first-order valence-electron chi connectivity index (χ1n) is 6.93. The maximum Gasteiger partial charge on any atom is 0.0500 e. The maximum absolute atomic E-state index is 3.62. The Labute approximate surface area is 113 Å². The first-order chi connectivity index (χ1) is 9.22. The normalized spacial score (nSPS) is 13.4. The monoisotopic (exact) mass is 247 g/mol. The molecule has 0 saturated heterocycles. The summed E-state index contributed by atoms with van der Waals surface area (Å²) in [6, 6.07) is 13.5. The van der Waals surface area contributed by atoms with Crippen LogP contribution in [0.1, 0.15) is 22.3 Å². The molecule has 1 heteroatoms. The third-order valence-electron chi connectivity index (χ3n) is 4.24. The number of hydrogen-bond donors (Lipinski definition) is 1. The smallest absolute Gasteiger partial charge is 0.0500 e. The van der Waals surface area contributed by atoms with Gasteiger partial charge in [0.15, 0.2) is 0 Å². The van der Waals surface area contributed by atoms with Crippen LogP contribution in [0.15, 0.2) is 36.4 Å². The fraction of sp³-hybridized carbons (Fsp3) is 0.222. The van der Waals surface area contributed by atoms with Crippen molar-refractivity contribution in [3.63, 3.8) is 0 Å². The molecular formula is C18H17N. The SMILES string of the molecule is Cc1ccc2c(c1)CCc1c-2[nH]c2ccc(C)cc12. The van der Waals surface area contributed by atoms with E-state index in [1.165, 1.54) is 44.4 Å². The summed E-state index contributed by atoms with van der Waals surface area (Å²) >= 11 is 0. The van der Waals surface area contributed by atoms with Crippen molar-refractivity contribution in [2.45, 2.75) is 26.7 Å². The zero-order valence-electron chi connectivity index (χ0n) is 11.4. The number of nitrogens with one attached hydrogen (secondary N) is 1. The standard InChI is InChI=1S/C18H17N/c1-11-3-6-14-13(9-11)5-7-15-16-10-12(2)4-8-17(16)19-18(14)15/h3-4,6,8-10,19H,5,7H2,1-2H3. The van der Waals surface area contributed by atoms with Crippen LogP contribution in [0.2, 0.25) is 0 Å². The Kier molecular flexibility index (Phi) is 2.14. The zero-order valence-corrected chi connectivity index (χ0v) is 11.4. The van der Waals surface area contributed by atoms with Crippen molar-refractivity contribution in [3.05, 3.63) is 58.7 Å². The van der Waals surface area contributed by atoms with Crippen molar-refractivity contribution in [1.29, 1.82) is 0 Å². The molecule has 2 aromatic carbocycles. The van der Waals surface area contributed by atoms with Crippen LogP contribution >= 0.6 is 0 Å². The molecule has 0 aliphatic heterocycles. The van der Waals surface area contributed by atoms with Crippen molar-refractivity contribution in [3.8, 4) is 11.3 Å². The van der Waals surface area contributed by atoms with E-state index in [4.69, 9.17) is 0 Å². The van der Waals surface area contributed by atoms with E-state index in [1.807, 2.05) is 0 Å². The Morgan fingerprint density at radius 1 is 0.895 bits per heavy atom. The van der Waals surface area contributed by atoms with E-state index in [2.05, 4.69) is 55.2 Å². The quantitative estimate of drug-likeness (QED) is 0.600. The first kappa shape index (κ1) is 10.9. The molecule has 3 aromatic rings. The Morgan fingerprint density at radius 2 is 1.68 bits per heavy atom. The second kappa shape index (κ2) is 3.74.